The van der Waals surface area contributed by atoms with E-state index in [1.165, 1.54) is 0 Å². The van der Waals surface area contributed by atoms with Gasteiger partial charge in [-0.05, 0) is 37.3 Å². The number of hydrogen-bond acceptors (Lipinski definition) is 2. The highest BCUT2D eigenvalue weighted by atomic mass is 35.5. The highest BCUT2D eigenvalue weighted by molar-refractivity contribution is 6.64. The zero-order chi connectivity index (χ0) is 12.1. The van der Waals surface area contributed by atoms with Gasteiger partial charge in [0.2, 0.25) is 11.1 Å². The second-order valence-electron chi connectivity index (χ2n) is 4.44. The summed E-state index contributed by atoms with van der Waals surface area (Å²) >= 11 is 5.50. The van der Waals surface area contributed by atoms with Crippen LogP contribution in [-0.4, -0.2) is 29.1 Å². The van der Waals surface area contributed by atoms with Gasteiger partial charge in [0.25, 0.3) is 0 Å². The van der Waals surface area contributed by atoms with Gasteiger partial charge >= 0.3 is 0 Å². The molecule has 1 unspecified atom stereocenters. The molecule has 0 N–H and O–H groups in total. The lowest BCUT2D eigenvalue weighted by molar-refractivity contribution is -0.138. The van der Waals surface area contributed by atoms with Gasteiger partial charge in [-0.3, -0.25) is 9.59 Å². The zero-order valence-electron chi connectivity index (χ0n) is 10.0. The highest BCUT2D eigenvalue weighted by Gasteiger charge is 2.29. The summed E-state index contributed by atoms with van der Waals surface area (Å²) in [6, 6.07) is 0. The van der Waals surface area contributed by atoms with Crippen molar-refractivity contribution in [3.05, 3.63) is 0 Å². The first-order valence-corrected chi connectivity index (χ1v) is 6.46. The van der Waals surface area contributed by atoms with E-state index in [-0.39, 0.29) is 23.0 Å². The fraction of sp³-hybridized carbons (Fsp3) is 0.833. The molecule has 0 aromatic heterocycles. The summed E-state index contributed by atoms with van der Waals surface area (Å²) < 4.78 is 0. The molecule has 0 bridgehead atoms. The molecule has 0 aromatic rings. The van der Waals surface area contributed by atoms with Crippen LogP contribution >= 0.6 is 11.6 Å². The number of piperidine rings is 1. The Morgan fingerprint density at radius 1 is 1.38 bits per heavy atom. The standard InChI is InChI=1S/C12H20ClNO2/c1-3-9(4-2)12(16)14-7-5-6-10(8-14)11(13)15/h9-10H,3-8H2,1-2H3. The topological polar surface area (TPSA) is 37.4 Å². The lowest BCUT2D eigenvalue weighted by Crippen LogP contribution is -2.44. The van der Waals surface area contributed by atoms with Crippen LogP contribution < -0.4 is 0 Å². The molecule has 1 atom stereocenters. The number of hydrogen-bond donors (Lipinski definition) is 0. The van der Waals surface area contributed by atoms with Crippen LogP contribution in [0.15, 0.2) is 0 Å². The van der Waals surface area contributed by atoms with Gasteiger partial charge in [0, 0.05) is 19.0 Å². The van der Waals surface area contributed by atoms with Crippen molar-refractivity contribution in [3.8, 4) is 0 Å². The molecule has 0 aliphatic carbocycles. The van der Waals surface area contributed by atoms with Crippen LogP contribution in [0.5, 0.6) is 0 Å². The van der Waals surface area contributed by atoms with Crippen molar-refractivity contribution in [1.29, 1.82) is 0 Å². The number of amides is 1. The van der Waals surface area contributed by atoms with E-state index in [0.717, 1.165) is 32.2 Å². The van der Waals surface area contributed by atoms with Crippen LogP contribution in [0.25, 0.3) is 0 Å². The van der Waals surface area contributed by atoms with Crippen LogP contribution in [-0.2, 0) is 9.59 Å². The van der Waals surface area contributed by atoms with Gasteiger partial charge in [-0.25, -0.2) is 0 Å². The van der Waals surface area contributed by atoms with Gasteiger partial charge in [0.15, 0.2) is 0 Å². The minimum absolute atomic E-state index is 0.101. The van der Waals surface area contributed by atoms with Crippen LogP contribution in [0.1, 0.15) is 39.5 Å². The normalized spacial score (nSPS) is 21.2. The third-order valence-corrected chi connectivity index (χ3v) is 3.70. The number of carbonyl (C=O) groups excluding carboxylic acids is 2. The average molecular weight is 246 g/mol. The highest BCUT2D eigenvalue weighted by Crippen LogP contribution is 2.22. The first-order chi connectivity index (χ1) is 7.60. The lowest BCUT2D eigenvalue weighted by atomic mass is 9.96. The van der Waals surface area contributed by atoms with Gasteiger partial charge < -0.3 is 4.90 Å². The van der Waals surface area contributed by atoms with E-state index in [9.17, 15) is 9.59 Å². The maximum atomic E-state index is 12.1. The second-order valence-corrected chi connectivity index (χ2v) is 4.81. The molecule has 3 nitrogen and oxygen atoms in total. The molecule has 16 heavy (non-hydrogen) atoms. The molecular formula is C12H20ClNO2. The van der Waals surface area contributed by atoms with Gasteiger partial charge in [0.05, 0.1) is 5.92 Å². The number of halogens is 1. The van der Waals surface area contributed by atoms with E-state index in [4.69, 9.17) is 11.6 Å². The average Bonchev–Trinajstić information content (AvgIpc) is 2.30. The summed E-state index contributed by atoms with van der Waals surface area (Å²) in [6.45, 7) is 5.34. The van der Waals surface area contributed by atoms with E-state index in [0.29, 0.717) is 6.54 Å². The summed E-state index contributed by atoms with van der Waals surface area (Å²) in [5.41, 5.74) is 0. The third kappa shape index (κ3) is 3.21. The van der Waals surface area contributed by atoms with Crippen molar-refractivity contribution in [3.63, 3.8) is 0 Å². The molecule has 92 valence electrons. The summed E-state index contributed by atoms with van der Waals surface area (Å²) in [5.74, 6) is 0.130. The predicted molar refractivity (Wildman–Crippen MR) is 64.2 cm³/mol. The van der Waals surface area contributed by atoms with Gasteiger partial charge in [-0.15, -0.1) is 0 Å². The van der Waals surface area contributed by atoms with Crippen molar-refractivity contribution in [2.75, 3.05) is 13.1 Å². The molecule has 1 heterocycles. The van der Waals surface area contributed by atoms with Gasteiger partial charge in [0.1, 0.15) is 0 Å². The molecule has 4 heteroatoms. The van der Waals surface area contributed by atoms with Crippen LogP contribution in [0.4, 0.5) is 0 Å². The molecular weight excluding hydrogens is 226 g/mol. The minimum atomic E-state index is -0.304. The van der Waals surface area contributed by atoms with Crippen LogP contribution in [0.2, 0.25) is 0 Å². The molecule has 1 aliphatic rings. The lowest BCUT2D eigenvalue weighted by Gasteiger charge is -2.33. The smallest absolute Gasteiger partial charge is 0.226 e. The van der Waals surface area contributed by atoms with Crippen molar-refractivity contribution in [1.82, 2.24) is 4.90 Å². The van der Waals surface area contributed by atoms with Crippen LogP contribution in [0, 0.1) is 11.8 Å². The molecule has 1 fully saturated rings. The fourth-order valence-electron chi connectivity index (χ4n) is 2.26. The Morgan fingerprint density at radius 3 is 2.50 bits per heavy atom. The SMILES string of the molecule is CCC(CC)C(=O)N1CCCC(C(=O)Cl)C1. The molecule has 0 spiro atoms. The van der Waals surface area contributed by atoms with Crippen molar-refractivity contribution in [2.45, 2.75) is 39.5 Å². The maximum absolute atomic E-state index is 12.1. The van der Waals surface area contributed by atoms with Crippen LogP contribution in [0.3, 0.4) is 0 Å². The summed E-state index contributed by atoms with van der Waals surface area (Å²) in [7, 11) is 0. The zero-order valence-corrected chi connectivity index (χ0v) is 10.8. The Labute approximate surface area is 102 Å². The number of rotatable bonds is 4. The van der Waals surface area contributed by atoms with E-state index in [1.807, 2.05) is 18.7 Å². The molecule has 1 saturated heterocycles. The predicted octanol–water partition coefficient (Wildman–Crippen LogP) is 2.43. The maximum Gasteiger partial charge on any atom is 0.226 e. The molecule has 1 aliphatic heterocycles. The summed E-state index contributed by atoms with van der Waals surface area (Å²) in [4.78, 5) is 25.0. The first-order valence-electron chi connectivity index (χ1n) is 6.08. The summed E-state index contributed by atoms with van der Waals surface area (Å²) in [5, 5.41) is -0.304. The molecule has 1 amide bonds. The monoisotopic (exact) mass is 245 g/mol. The van der Waals surface area contributed by atoms with E-state index >= 15 is 0 Å². The van der Waals surface area contributed by atoms with Crippen molar-refractivity contribution in [2.24, 2.45) is 11.8 Å². The Morgan fingerprint density at radius 2 is 2.00 bits per heavy atom. The molecule has 1 rings (SSSR count). The number of nitrogens with zero attached hydrogens (tertiary/aromatic N) is 1. The van der Waals surface area contributed by atoms with E-state index in [2.05, 4.69) is 0 Å². The van der Waals surface area contributed by atoms with E-state index < -0.39 is 0 Å². The molecule has 0 aromatic carbocycles. The largest absolute Gasteiger partial charge is 0.342 e. The Hall–Kier alpha value is -0.570. The van der Waals surface area contributed by atoms with Crippen molar-refractivity contribution >= 4 is 22.8 Å². The minimum Gasteiger partial charge on any atom is -0.342 e. The molecule has 0 saturated carbocycles. The Bertz CT molecular complexity index is 264. The fourth-order valence-corrected chi connectivity index (χ4v) is 2.44. The number of likely N-dealkylation sites (tertiary alicyclic amines) is 1. The number of carbonyl (C=O) groups is 2. The van der Waals surface area contributed by atoms with Gasteiger partial charge in [-0.1, -0.05) is 13.8 Å². The second kappa shape index (κ2) is 6.24. The third-order valence-electron chi connectivity index (χ3n) is 3.39. The van der Waals surface area contributed by atoms with E-state index in [1.54, 1.807) is 0 Å². The first kappa shape index (κ1) is 13.5. The Balaban J connectivity index is 2.59. The van der Waals surface area contributed by atoms with Crippen molar-refractivity contribution < 1.29 is 9.59 Å². The Kier molecular flexibility index (Phi) is 5.26. The van der Waals surface area contributed by atoms with Gasteiger partial charge in [-0.2, -0.15) is 0 Å². The summed E-state index contributed by atoms with van der Waals surface area (Å²) in [6.07, 6.45) is 3.43. The molecule has 0 radical (unpaired) electrons. The quantitative estimate of drug-likeness (QED) is 0.714.